The summed E-state index contributed by atoms with van der Waals surface area (Å²) in [5.74, 6) is 0.0459. The van der Waals surface area contributed by atoms with Crippen LogP contribution in [0.4, 0.5) is 5.69 Å². The lowest BCUT2D eigenvalue weighted by molar-refractivity contribution is 0.101. The first-order valence-electron chi connectivity index (χ1n) is 6.61. The molecule has 2 aromatic rings. The summed E-state index contributed by atoms with van der Waals surface area (Å²) < 4.78 is 0. The minimum absolute atomic E-state index is 0.0223. The van der Waals surface area contributed by atoms with E-state index in [4.69, 9.17) is 0 Å². The molecule has 104 valence electrons. The molecule has 3 heteroatoms. The summed E-state index contributed by atoms with van der Waals surface area (Å²) >= 11 is 0. The lowest BCUT2D eigenvalue weighted by atomic mass is 9.92. The van der Waals surface area contributed by atoms with E-state index in [1.54, 1.807) is 19.1 Å². The molecule has 2 aromatic carbocycles. The van der Waals surface area contributed by atoms with Crippen LogP contribution in [0.5, 0.6) is 0 Å². The van der Waals surface area contributed by atoms with E-state index >= 15 is 0 Å². The largest absolute Gasteiger partial charge is 0.394 e. The topological polar surface area (TPSA) is 49.3 Å². The van der Waals surface area contributed by atoms with Gasteiger partial charge in [-0.25, -0.2) is 0 Å². The molecule has 3 nitrogen and oxygen atoms in total. The summed E-state index contributed by atoms with van der Waals surface area (Å²) in [6, 6.07) is 17.1. The SMILES string of the molecule is CC(=O)c1ccc(NC(C)(CO)c2ccccc2)cc1. The van der Waals surface area contributed by atoms with Crippen LogP contribution in [0.15, 0.2) is 54.6 Å². The number of benzene rings is 2. The number of anilines is 1. The molecule has 0 saturated carbocycles. The summed E-state index contributed by atoms with van der Waals surface area (Å²) in [5, 5.41) is 13.1. The van der Waals surface area contributed by atoms with E-state index in [2.05, 4.69) is 5.32 Å². The smallest absolute Gasteiger partial charge is 0.159 e. The fourth-order valence-electron chi connectivity index (χ4n) is 2.12. The van der Waals surface area contributed by atoms with Gasteiger partial charge in [0, 0.05) is 11.3 Å². The lowest BCUT2D eigenvalue weighted by Gasteiger charge is -2.30. The molecule has 2 rings (SSSR count). The van der Waals surface area contributed by atoms with Gasteiger partial charge in [-0.05, 0) is 43.7 Å². The fraction of sp³-hybridized carbons (Fsp3) is 0.235. The molecule has 1 atom stereocenters. The molecule has 0 bridgehead atoms. The first kappa shape index (κ1) is 14.3. The van der Waals surface area contributed by atoms with Crippen LogP contribution in [-0.4, -0.2) is 17.5 Å². The third-order valence-corrected chi connectivity index (χ3v) is 3.44. The third-order valence-electron chi connectivity index (χ3n) is 3.44. The van der Waals surface area contributed by atoms with Gasteiger partial charge in [-0.1, -0.05) is 30.3 Å². The highest BCUT2D eigenvalue weighted by Crippen LogP contribution is 2.25. The zero-order valence-electron chi connectivity index (χ0n) is 11.8. The molecule has 0 saturated heterocycles. The van der Waals surface area contributed by atoms with Crippen LogP contribution in [0, 0.1) is 0 Å². The first-order chi connectivity index (χ1) is 9.55. The second-order valence-corrected chi connectivity index (χ2v) is 5.11. The van der Waals surface area contributed by atoms with Gasteiger partial charge in [0.05, 0.1) is 12.1 Å². The van der Waals surface area contributed by atoms with Gasteiger partial charge in [0.25, 0.3) is 0 Å². The van der Waals surface area contributed by atoms with Crippen LogP contribution in [-0.2, 0) is 5.54 Å². The van der Waals surface area contributed by atoms with Crippen molar-refractivity contribution in [3.05, 3.63) is 65.7 Å². The number of Topliss-reactive ketones (excluding diaryl/α,β-unsaturated/α-hetero) is 1. The Balaban J connectivity index is 2.24. The highest BCUT2D eigenvalue weighted by molar-refractivity contribution is 5.94. The molecule has 0 aliphatic carbocycles. The average molecular weight is 269 g/mol. The Labute approximate surface area is 119 Å². The van der Waals surface area contributed by atoms with Crippen molar-refractivity contribution in [2.75, 3.05) is 11.9 Å². The Hall–Kier alpha value is -2.13. The van der Waals surface area contributed by atoms with Crippen LogP contribution < -0.4 is 5.32 Å². The maximum absolute atomic E-state index is 11.3. The Bertz CT molecular complexity index is 578. The minimum Gasteiger partial charge on any atom is -0.394 e. The third kappa shape index (κ3) is 3.06. The maximum Gasteiger partial charge on any atom is 0.159 e. The highest BCUT2D eigenvalue weighted by Gasteiger charge is 2.25. The predicted molar refractivity (Wildman–Crippen MR) is 80.9 cm³/mol. The van der Waals surface area contributed by atoms with Crippen molar-refractivity contribution >= 4 is 11.5 Å². The molecular weight excluding hydrogens is 250 g/mol. The Morgan fingerprint density at radius 3 is 2.20 bits per heavy atom. The van der Waals surface area contributed by atoms with Gasteiger partial charge in [-0.15, -0.1) is 0 Å². The molecule has 2 N–H and O–H groups in total. The van der Waals surface area contributed by atoms with Gasteiger partial charge in [-0.2, -0.15) is 0 Å². The van der Waals surface area contributed by atoms with Crippen molar-refractivity contribution in [2.45, 2.75) is 19.4 Å². The Kier molecular flexibility index (Phi) is 4.20. The van der Waals surface area contributed by atoms with Gasteiger partial charge < -0.3 is 10.4 Å². The van der Waals surface area contributed by atoms with Crippen LogP contribution >= 0.6 is 0 Å². The lowest BCUT2D eigenvalue weighted by Crippen LogP contribution is -2.35. The molecule has 0 spiro atoms. The maximum atomic E-state index is 11.3. The van der Waals surface area contributed by atoms with E-state index in [1.165, 1.54) is 0 Å². The van der Waals surface area contributed by atoms with E-state index in [0.717, 1.165) is 11.3 Å². The summed E-state index contributed by atoms with van der Waals surface area (Å²) in [6.45, 7) is 3.47. The first-order valence-corrected chi connectivity index (χ1v) is 6.61. The number of carbonyl (C=O) groups excluding carboxylic acids is 1. The number of aliphatic hydroxyl groups excluding tert-OH is 1. The monoisotopic (exact) mass is 269 g/mol. The molecule has 0 heterocycles. The highest BCUT2D eigenvalue weighted by atomic mass is 16.3. The van der Waals surface area contributed by atoms with E-state index in [1.807, 2.05) is 49.4 Å². The summed E-state index contributed by atoms with van der Waals surface area (Å²) in [4.78, 5) is 11.3. The number of nitrogens with one attached hydrogen (secondary N) is 1. The number of hydrogen-bond donors (Lipinski definition) is 2. The molecule has 0 aliphatic heterocycles. The minimum atomic E-state index is -0.557. The van der Waals surface area contributed by atoms with Crippen LogP contribution in [0.1, 0.15) is 29.8 Å². The molecule has 0 amide bonds. The second-order valence-electron chi connectivity index (χ2n) is 5.11. The number of ketones is 1. The van der Waals surface area contributed by atoms with Gasteiger partial charge in [0.1, 0.15) is 0 Å². The van der Waals surface area contributed by atoms with Gasteiger partial charge in [-0.3, -0.25) is 4.79 Å². The van der Waals surface area contributed by atoms with Crippen molar-refractivity contribution in [3.8, 4) is 0 Å². The molecule has 20 heavy (non-hydrogen) atoms. The number of rotatable bonds is 5. The fourth-order valence-corrected chi connectivity index (χ4v) is 2.12. The van der Waals surface area contributed by atoms with Crippen LogP contribution in [0.3, 0.4) is 0 Å². The quantitative estimate of drug-likeness (QED) is 0.819. The van der Waals surface area contributed by atoms with Crippen LogP contribution in [0.2, 0.25) is 0 Å². The Morgan fingerprint density at radius 1 is 1.10 bits per heavy atom. The Morgan fingerprint density at radius 2 is 1.70 bits per heavy atom. The second kappa shape index (κ2) is 5.88. The van der Waals surface area contributed by atoms with Gasteiger partial charge in [0.15, 0.2) is 5.78 Å². The van der Waals surface area contributed by atoms with E-state index in [-0.39, 0.29) is 12.4 Å². The number of aliphatic hydroxyl groups is 1. The molecule has 0 fully saturated rings. The van der Waals surface area contributed by atoms with Gasteiger partial charge >= 0.3 is 0 Å². The molecule has 0 aliphatic rings. The molecule has 1 unspecified atom stereocenters. The molecular formula is C17H19NO2. The van der Waals surface area contributed by atoms with E-state index in [9.17, 15) is 9.90 Å². The normalized spacial score (nSPS) is 13.6. The van der Waals surface area contributed by atoms with Gasteiger partial charge in [0.2, 0.25) is 0 Å². The predicted octanol–water partition coefficient (Wildman–Crippen LogP) is 3.21. The number of hydrogen-bond acceptors (Lipinski definition) is 3. The summed E-state index contributed by atoms with van der Waals surface area (Å²) in [7, 11) is 0. The van der Waals surface area contributed by atoms with Crippen molar-refractivity contribution in [1.29, 1.82) is 0 Å². The zero-order valence-corrected chi connectivity index (χ0v) is 11.8. The summed E-state index contributed by atoms with van der Waals surface area (Å²) in [5.41, 5.74) is 2.01. The van der Waals surface area contributed by atoms with Crippen molar-refractivity contribution < 1.29 is 9.90 Å². The number of carbonyl (C=O) groups is 1. The standard InChI is InChI=1S/C17H19NO2/c1-13(20)14-8-10-16(11-9-14)18-17(2,12-19)15-6-4-3-5-7-15/h3-11,18-19H,12H2,1-2H3. The molecule has 0 aromatic heterocycles. The van der Waals surface area contributed by atoms with Crippen molar-refractivity contribution in [3.63, 3.8) is 0 Å². The van der Waals surface area contributed by atoms with Crippen LogP contribution in [0.25, 0.3) is 0 Å². The van der Waals surface area contributed by atoms with Crippen molar-refractivity contribution in [2.24, 2.45) is 0 Å². The summed E-state index contributed by atoms with van der Waals surface area (Å²) in [6.07, 6.45) is 0. The molecule has 0 radical (unpaired) electrons. The zero-order chi connectivity index (χ0) is 14.6. The van der Waals surface area contributed by atoms with Crippen molar-refractivity contribution in [1.82, 2.24) is 0 Å². The van der Waals surface area contributed by atoms with E-state index < -0.39 is 5.54 Å². The van der Waals surface area contributed by atoms with E-state index in [0.29, 0.717) is 5.56 Å². The average Bonchev–Trinajstić information content (AvgIpc) is 2.48.